The summed E-state index contributed by atoms with van der Waals surface area (Å²) in [6.07, 6.45) is 0.482. The fourth-order valence-corrected chi connectivity index (χ4v) is 2.08. The SMILES string of the molecule is CC(C)(C)OC(=O)Nc1cccc(Nc2cc(Cl)ncc2[N+](=O)[O-])c1. The van der Waals surface area contributed by atoms with E-state index in [2.05, 4.69) is 15.6 Å². The number of carbonyl (C=O) groups is 1. The highest BCUT2D eigenvalue weighted by atomic mass is 35.5. The number of rotatable bonds is 4. The van der Waals surface area contributed by atoms with Gasteiger partial charge in [0.1, 0.15) is 22.6 Å². The van der Waals surface area contributed by atoms with Crippen molar-refractivity contribution < 1.29 is 14.5 Å². The Morgan fingerprint density at radius 1 is 1.28 bits per heavy atom. The predicted octanol–water partition coefficient (Wildman–Crippen LogP) is 4.73. The summed E-state index contributed by atoms with van der Waals surface area (Å²) in [5.41, 5.74) is 0.365. The molecule has 0 radical (unpaired) electrons. The molecule has 8 nitrogen and oxygen atoms in total. The Balaban J connectivity index is 2.19. The average Bonchev–Trinajstić information content (AvgIpc) is 2.45. The van der Waals surface area contributed by atoms with Crippen LogP contribution in [0.2, 0.25) is 5.15 Å². The van der Waals surface area contributed by atoms with Crippen molar-refractivity contribution in [3.05, 3.63) is 51.8 Å². The van der Waals surface area contributed by atoms with Crippen LogP contribution in [0.25, 0.3) is 0 Å². The third-order valence-electron chi connectivity index (χ3n) is 2.83. The molecule has 132 valence electrons. The predicted molar refractivity (Wildman–Crippen MR) is 95.5 cm³/mol. The van der Waals surface area contributed by atoms with Crippen molar-refractivity contribution in [1.82, 2.24) is 4.98 Å². The lowest BCUT2D eigenvalue weighted by atomic mass is 10.2. The van der Waals surface area contributed by atoms with Gasteiger partial charge in [-0.2, -0.15) is 0 Å². The molecule has 2 aromatic rings. The van der Waals surface area contributed by atoms with Crippen molar-refractivity contribution in [3.8, 4) is 0 Å². The summed E-state index contributed by atoms with van der Waals surface area (Å²) in [7, 11) is 0. The number of anilines is 3. The normalized spacial score (nSPS) is 10.9. The number of nitrogens with zero attached hydrogens (tertiary/aromatic N) is 2. The van der Waals surface area contributed by atoms with Crippen LogP contribution in [0.1, 0.15) is 20.8 Å². The van der Waals surface area contributed by atoms with E-state index in [1.807, 2.05) is 0 Å². The summed E-state index contributed by atoms with van der Waals surface area (Å²) in [6.45, 7) is 5.28. The van der Waals surface area contributed by atoms with Crippen LogP contribution in [0, 0.1) is 10.1 Å². The van der Waals surface area contributed by atoms with Gasteiger partial charge in [-0.05, 0) is 39.0 Å². The second-order valence-corrected chi connectivity index (χ2v) is 6.50. The van der Waals surface area contributed by atoms with Crippen LogP contribution in [0.3, 0.4) is 0 Å². The van der Waals surface area contributed by atoms with Gasteiger partial charge in [-0.25, -0.2) is 9.78 Å². The summed E-state index contributed by atoms with van der Waals surface area (Å²) < 4.78 is 5.18. The molecule has 0 bridgehead atoms. The molecule has 1 heterocycles. The molecule has 25 heavy (non-hydrogen) atoms. The molecule has 0 aliphatic heterocycles. The second-order valence-electron chi connectivity index (χ2n) is 6.11. The second kappa shape index (κ2) is 7.35. The maximum absolute atomic E-state index is 11.8. The van der Waals surface area contributed by atoms with E-state index in [9.17, 15) is 14.9 Å². The maximum Gasteiger partial charge on any atom is 0.412 e. The highest BCUT2D eigenvalue weighted by Gasteiger charge is 2.17. The Kier molecular flexibility index (Phi) is 5.43. The quantitative estimate of drug-likeness (QED) is 0.461. The number of nitro groups is 1. The molecule has 2 N–H and O–H groups in total. The molecule has 2 rings (SSSR count). The molecule has 0 aliphatic carbocycles. The minimum absolute atomic E-state index is 0.121. The van der Waals surface area contributed by atoms with E-state index in [0.717, 1.165) is 6.20 Å². The van der Waals surface area contributed by atoms with Crippen LogP contribution in [-0.2, 0) is 4.74 Å². The monoisotopic (exact) mass is 364 g/mol. The molecule has 9 heteroatoms. The zero-order chi connectivity index (χ0) is 18.6. The van der Waals surface area contributed by atoms with E-state index in [-0.39, 0.29) is 16.5 Å². The lowest BCUT2D eigenvalue weighted by Crippen LogP contribution is -2.27. The number of aromatic nitrogens is 1. The third kappa shape index (κ3) is 5.61. The summed E-state index contributed by atoms with van der Waals surface area (Å²) in [4.78, 5) is 26.0. The molecular formula is C16H17ClN4O4. The Hall–Kier alpha value is -2.87. The molecule has 0 atom stereocenters. The first-order chi connectivity index (χ1) is 11.6. The van der Waals surface area contributed by atoms with Crippen LogP contribution in [0.4, 0.5) is 27.5 Å². The standard InChI is InChI=1S/C16H17ClN4O4/c1-16(2,3)25-15(22)20-11-6-4-5-10(7-11)19-12-8-14(17)18-9-13(12)21(23)24/h4-9H,1-3H3,(H,18,19)(H,20,22). The first kappa shape index (κ1) is 18.5. The van der Waals surface area contributed by atoms with E-state index >= 15 is 0 Å². The van der Waals surface area contributed by atoms with Gasteiger partial charge in [-0.15, -0.1) is 0 Å². The molecule has 0 unspecified atom stereocenters. The van der Waals surface area contributed by atoms with Gasteiger partial charge in [0.15, 0.2) is 0 Å². The molecule has 0 saturated heterocycles. The van der Waals surface area contributed by atoms with Gasteiger partial charge in [-0.3, -0.25) is 15.4 Å². The number of nitrogens with one attached hydrogen (secondary N) is 2. The van der Waals surface area contributed by atoms with Crippen molar-refractivity contribution in [2.24, 2.45) is 0 Å². The first-order valence-electron chi connectivity index (χ1n) is 7.31. The molecule has 1 amide bonds. The fourth-order valence-electron chi connectivity index (χ4n) is 1.92. The number of halogens is 1. The van der Waals surface area contributed by atoms with E-state index < -0.39 is 16.6 Å². The number of hydrogen-bond donors (Lipinski definition) is 2. The van der Waals surface area contributed by atoms with Gasteiger partial charge in [0.2, 0.25) is 0 Å². The number of hydrogen-bond acceptors (Lipinski definition) is 6. The largest absolute Gasteiger partial charge is 0.444 e. The highest BCUT2D eigenvalue weighted by molar-refractivity contribution is 6.29. The molecule has 0 saturated carbocycles. The fraction of sp³-hybridized carbons (Fsp3) is 0.250. The van der Waals surface area contributed by atoms with Gasteiger partial charge >= 0.3 is 11.8 Å². The molecule has 0 aliphatic rings. The zero-order valence-electron chi connectivity index (χ0n) is 13.9. The topological polar surface area (TPSA) is 106 Å². The minimum atomic E-state index is -0.617. The number of amides is 1. The van der Waals surface area contributed by atoms with Crippen molar-refractivity contribution in [2.75, 3.05) is 10.6 Å². The van der Waals surface area contributed by atoms with Crippen molar-refractivity contribution in [1.29, 1.82) is 0 Å². The summed E-state index contributed by atoms with van der Waals surface area (Å²) >= 11 is 5.80. The minimum Gasteiger partial charge on any atom is -0.444 e. The van der Waals surface area contributed by atoms with E-state index in [0.29, 0.717) is 11.4 Å². The van der Waals surface area contributed by atoms with Crippen molar-refractivity contribution in [3.63, 3.8) is 0 Å². The molecule has 0 spiro atoms. The number of carbonyl (C=O) groups excluding carboxylic acids is 1. The van der Waals surface area contributed by atoms with Gasteiger partial charge in [0.05, 0.1) is 4.92 Å². The van der Waals surface area contributed by atoms with Crippen LogP contribution in [0.5, 0.6) is 0 Å². The lowest BCUT2D eigenvalue weighted by molar-refractivity contribution is -0.384. The molecule has 1 aromatic carbocycles. The van der Waals surface area contributed by atoms with Crippen LogP contribution in [0.15, 0.2) is 36.5 Å². The summed E-state index contributed by atoms with van der Waals surface area (Å²) in [5, 5.41) is 16.7. The maximum atomic E-state index is 11.8. The zero-order valence-corrected chi connectivity index (χ0v) is 14.6. The Bertz CT molecular complexity index is 805. The van der Waals surface area contributed by atoms with Gasteiger partial charge in [0, 0.05) is 17.4 Å². The van der Waals surface area contributed by atoms with Crippen molar-refractivity contribution >= 4 is 40.4 Å². The van der Waals surface area contributed by atoms with E-state index in [4.69, 9.17) is 16.3 Å². The number of benzene rings is 1. The summed E-state index contributed by atoms with van der Waals surface area (Å²) in [5.74, 6) is 0. The first-order valence-corrected chi connectivity index (χ1v) is 7.69. The smallest absolute Gasteiger partial charge is 0.412 e. The molecule has 0 fully saturated rings. The average molecular weight is 365 g/mol. The van der Waals surface area contributed by atoms with Gasteiger partial charge in [0.25, 0.3) is 0 Å². The molecule has 1 aromatic heterocycles. The van der Waals surface area contributed by atoms with E-state index in [1.54, 1.807) is 45.0 Å². The lowest BCUT2D eigenvalue weighted by Gasteiger charge is -2.19. The summed E-state index contributed by atoms with van der Waals surface area (Å²) in [6, 6.07) is 8.01. The highest BCUT2D eigenvalue weighted by Crippen LogP contribution is 2.29. The number of pyridine rings is 1. The number of ether oxygens (including phenoxy) is 1. The van der Waals surface area contributed by atoms with Gasteiger partial charge < -0.3 is 10.1 Å². The van der Waals surface area contributed by atoms with Crippen LogP contribution in [-0.4, -0.2) is 21.6 Å². The van der Waals surface area contributed by atoms with Crippen LogP contribution < -0.4 is 10.6 Å². The Morgan fingerprint density at radius 2 is 1.96 bits per heavy atom. The van der Waals surface area contributed by atoms with Crippen LogP contribution >= 0.6 is 11.6 Å². The Labute approximate surface area is 149 Å². The van der Waals surface area contributed by atoms with E-state index in [1.165, 1.54) is 6.07 Å². The molecular weight excluding hydrogens is 348 g/mol. The third-order valence-corrected chi connectivity index (χ3v) is 3.04. The van der Waals surface area contributed by atoms with Crippen molar-refractivity contribution in [2.45, 2.75) is 26.4 Å². The van der Waals surface area contributed by atoms with Gasteiger partial charge in [-0.1, -0.05) is 17.7 Å². The Morgan fingerprint density at radius 3 is 2.60 bits per heavy atom.